The molecule has 0 radical (unpaired) electrons. The van der Waals surface area contributed by atoms with Crippen molar-refractivity contribution in [1.82, 2.24) is 0 Å². The highest BCUT2D eigenvalue weighted by Crippen LogP contribution is 2.15. The van der Waals surface area contributed by atoms with Gasteiger partial charge in [0.1, 0.15) is 0 Å². The van der Waals surface area contributed by atoms with E-state index >= 15 is 0 Å². The summed E-state index contributed by atoms with van der Waals surface area (Å²) >= 11 is 0. The summed E-state index contributed by atoms with van der Waals surface area (Å²) < 4.78 is 0.819. The molecule has 1 fully saturated rings. The SMILES string of the molecule is C[N+](C)(C)C1CCOO1. The summed E-state index contributed by atoms with van der Waals surface area (Å²) in [6.07, 6.45) is 1.23. The second-order valence-electron chi connectivity index (χ2n) is 3.28. The highest BCUT2D eigenvalue weighted by atomic mass is 17.2. The first-order valence-electron chi connectivity index (χ1n) is 3.20. The lowest BCUT2D eigenvalue weighted by atomic mass is 10.3. The van der Waals surface area contributed by atoms with Gasteiger partial charge >= 0.3 is 0 Å². The minimum atomic E-state index is 0.227. The van der Waals surface area contributed by atoms with E-state index in [1.54, 1.807) is 0 Å². The Hall–Kier alpha value is -0.120. The number of rotatable bonds is 1. The average Bonchev–Trinajstić information content (AvgIpc) is 2.08. The standard InChI is InChI=1S/C6H14NO2/c1-7(2,3)6-4-5-8-9-6/h6H,4-5H2,1-3H3/q+1. The van der Waals surface area contributed by atoms with Crippen LogP contribution in [0.2, 0.25) is 0 Å². The van der Waals surface area contributed by atoms with Crippen molar-refractivity contribution in [2.45, 2.75) is 12.6 Å². The van der Waals surface area contributed by atoms with E-state index in [1.807, 2.05) is 0 Å². The maximum atomic E-state index is 4.99. The van der Waals surface area contributed by atoms with Gasteiger partial charge in [-0.25, -0.2) is 4.89 Å². The topological polar surface area (TPSA) is 18.5 Å². The van der Waals surface area contributed by atoms with Crippen molar-refractivity contribution in [3.8, 4) is 0 Å². The molecule has 0 saturated carbocycles. The molecule has 1 saturated heterocycles. The third-order valence-electron chi connectivity index (χ3n) is 1.49. The van der Waals surface area contributed by atoms with Gasteiger partial charge in [0, 0.05) is 0 Å². The molecule has 0 bridgehead atoms. The molecule has 3 nitrogen and oxygen atoms in total. The van der Waals surface area contributed by atoms with Crippen LogP contribution >= 0.6 is 0 Å². The summed E-state index contributed by atoms with van der Waals surface area (Å²) in [7, 11) is 6.29. The van der Waals surface area contributed by atoms with Gasteiger partial charge in [-0.05, 0) is 0 Å². The van der Waals surface area contributed by atoms with Crippen LogP contribution in [0.25, 0.3) is 0 Å². The van der Waals surface area contributed by atoms with E-state index in [-0.39, 0.29) is 6.23 Å². The zero-order valence-electron chi connectivity index (χ0n) is 6.26. The molecule has 1 unspecified atom stereocenters. The molecule has 0 aromatic rings. The van der Waals surface area contributed by atoms with Crippen LogP contribution in [0.15, 0.2) is 0 Å². The summed E-state index contributed by atoms with van der Waals surface area (Å²) in [5.74, 6) is 0. The maximum absolute atomic E-state index is 4.99. The van der Waals surface area contributed by atoms with Crippen LogP contribution in [0.5, 0.6) is 0 Å². The predicted molar refractivity (Wildman–Crippen MR) is 33.5 cm³/mol. The van der Waals surface area contributed by atoms with E-state index in [0.717, 1.165) is 17.5 Å². The van der Waals surface area contributed by atoms with E-state index in [4.69, 9.17) is 9.78 Å². The average molecular weight is 132 g/mol. The van der Waals surface area contributed by atoms with Gasteiger partial charge in [0.2, 0.25) is 6.23 Å². The molecule has 1 aliphatic rings. The normalized spacial score (nSPS) is 29.0. The van der Waals surface area contributed by atoms with Crippen molar-refractivity contribution in [1.29, 1.82) is 0 Å². The molecule has 1 aliphatic heterocycles. The van der Waals surface area contributed by atoms with E-state index in [9.17, 15) is 0 Å². The lowest BCUT2D eigenvalue weighted by Crippen LogP contribution is -2.44. The number of nitrogens with zero attached hydrogens (tertiary/aromatic N) is 1. The van der Waals surface area contributed by atoms with Gasteiger partial charge in [-0.1, -0.05) is 0 Å². The molecule has 0 aliphatic carbocycles. The monoisotopic (exact) mass is 132 g/mol. The summed E-state index contributed by atoms with van der Waals surface area (Å²) in [6.45, 7) is 0.736. The van der Waals surface area contributed by atoms with Crippen LogP contribution < -0.4 is 0 Å². The van der Waals surface area contributed by atoms with Crippen LogP contribution in [-0.4, -0.2) is 38.5 Å². The molecule has 1 atom stereocenters. The van der Waals surface area contributed by atoms with Crippen LogP contribution in [0, 0.1) is 0 Å². The van der Waals surface area contributed by atoms with E-state index in [1.165, 1.54) is 0 Å². The quantitative estimate of drug-likeness (QED) is 0.379. The molecule has 0 spiro atoms. The number of quaternary nitrogens is 1. The van der Waals surface area contributed by atoms with Crippen molar-refractivity contribution >= 4 is 0 Å². The molecule has 54 valence electrons. The molecular weight excluding hydrogens is 118 g/mol. The lowest BCUT2D eigenvalue weighted by molar-refractivity contribution is -0.924. The Morgan fingerprint density at radius 2 is 2.00 bits per heavy atom. The van der Waals surface area contributed by atoms with Crippen molar-refractivity contribution in [2.24, 2.45) is 0 Å². The Bertz CT molecular complexity index is 91.7. The zero-order valence-corrected chi connectivity index (χ0v) is 6.26. The van der Waals surface area contributed by atoms with Crippen molar-refractivity contribution in [3.63, 3.8) is 0 Å². The van der Waals surface area contributed by atoms with Gasteiger partial charge in [0.15, 0.2) is 0 Å². The molecule has 0 aromatic heterocycles. The molecule has 1 rings (SSSR count). The van der Waals surface area contributed by atoms with Gasteiger partial charge in [0.25, 0.3) is 0 Å². The largest absolute Gasteiger partial charge is 0.304 e. The molecule has 0 amide bonds. The van der Waals surface area contributed by atoms with E-state index in [2.05, 4.69) is 21.1 Å². The Kier molecular flexibility index (Phi) is 1.75. The molecule has 9 heavy (non-hydrogen) atoms. The molecular formula is C6H14NO2+. The molecule has 1 heterocycles. The molecule has 0 aromatic carbocycles. The second kappa shape index (κ2) is 2.25. The molecule has 3 heteroatoms. The van der Waals surface area contributed by atoms with Crippen molar-refractivity contribution < 1.29 is 14.3 Å². The third-order valence-corrected chi connectivity index (χ3v) is 1.49. The Morgan fingerprint density at radius 3 is 2.22 bits per heavy atom. The summed E-state index contributed by atoms with van der Waals surface area (Å²) in [6, 6.07) is 0. The fraction of sp³-hybridized carbons (Fsp3) is 1.00. The van der Waals surface area contributed by atoms with Crippen molar-refractivity contribution in [2.75, 3.05) is 27.7 Å². The second-order valence-corrected chi connectivity index (χ2v) is 3.28. The maximum Gasteiger partial charge on any atom is 0.226 e. The van der Waals surface area contributed by atoms with Gasteiger partial charge in [-0.2, -0.15) is 4.89 Å². The first-order valence-corrected chi connectivity index (χ1v) is 3.20. The van der Waals surface area contributed by atoms with Crippen LogP contribution in [0.3, 0.4) is 0 Å². The van der Waals surface area contributed by atoms with Crippen LogP contribution in [0.1, 0.15) is 6.42 Å². The minimum absolute atomic E-state index is 0.227. The van der Waals surface area contributed by atoms with Gasteiger partial charge < -0.3 is 4.48 Å². The van der Waals surface area contributed by atoms with E-state index in [0.29, 0.717) is 0 Å². The Labute approximate surface area is 55.7 Å². The van der Waals surface area contributed by atoms with Crippen LogP contribution in [-0.2, 0) is 9.78 Å². The third kappa shape index (κ3) is 1.64. The Balaban J connectivity index is 2.42. The molecule has 0 N–H and O–H groups in total. The van der Waals surface area contributed by atoms with Crippen LogP contribution in [0.4, 0.5) is 0 Å². The first kappa shape index (κ1) is 6.99. The summed E-state index contributed by atoms with van der Waals surface area (Å²) in [5, 5.41) is 0. The highest BCUT2D eigenvalue weighted by Gasteiger charge is 2.29. The number of hydrogen-bond donors (Lipinski definition) is 0. The van der Waals surface area contributed by atoms with Crippen molar-refractivity contribution in [3.05, 3.63) is 0 Å². The van der Waals surface area contributed by atoms with Gasteiger partial charge in [0.05, 0.1) is 34.2 Å². The summed E-state index contributed by atoms with van der Waals surface area (Å²) in [5.41, 5.74) is 0. The van der Waals surface area contributed by atoms with Gasteiger partial charge in [-0.15, -0.1) is 0 Å². The Morgan fingerprint density at radius 1 is 1.33 bits per heavy atom. The smallest absolute Gasteiger partial charge is 0.226 e. The zero-order chi connectivity index (χ0) is 6.91. The number of hydrogen-bond acceptors (Lipinski definition) is 2. The highest BCUT2D eigenvalue weighted by molar-refractivity contribution is 4.44. The van der Waals surface area contributed by atoms with Gasteiger partial charge in [-0.3, -0.25) is 0 Å². The first-order chi connectivity index (χ1) is 4.11. The summed E-state index contributed by atoms with van der Waals surface area (Å²) in [4.78, 5) is 9.76. The fourth-order valence-electron chi connectivity index (χ4n) is 0.840. The fourth-order valence-corrected chi connectivity index (χ4v) is 0.840. The van der Waals surface area contributed by atoms with E-state index < -0.39 is 0 Å². The predicted octanol–water partition coefficient (Wildman–Crippen LogP) is 0.371. The minimum Gasteiger partial charge on any atom is -0.304 e. The lowest BCUT2D eigenvalue weighted by Gasteiger charge is -2.28.